The van der Waals surface area contributed by atoms with E-state index in [1.807, 2.05) is 7.05 Å². The number of guanidine groups is 1. The molecule has 0 spiro atoms. The minimum atomic E-state index is 0.323. The van der Waals surface area contributed by atoms with Crippen molar-refractivity contribution in [3.8, 4) is 0 Å². The van der Waals surface area contributed by atoms with Gasteiger partial charge >= 0.3 is 0 Å². The molecule has 1 saturated heterocycles. The van der Waals surface area contributed by atoms with Gasteiger partial charge in [-0.2, -0.15) is 0 Å². The van der Waals surface area contributed by atoms with Crippen molar-refractivity contribution in [1.82, 2.24) is 20.4 Å². The lowest BCUT2D eigenvalue weighted by atomic mass is 9.87. The van der Waals surface area contributed by atoms with Gasteiger partial charge in [-0.15, -0.1) is 0 Å². The Bertz CT molecular complexity index is 346. The van der Waals surface area contributed by atoms with E-state index >= 15 is 0 Å². The first kappa shape index (κ1) is 21.2. The molecule has 5 nitrogen and oxygen atoms in total. The van der Waals surface area contributed by atoms with E-state index in [1.165, 1.54) is 58.4 Å². The minimum Gasteiger partial charge on any atom is -0.356 e. The number of nitrogens with zero attached hydrogens (tertiary/aromatic N) is 3. The Morgan fingerprint density at radius 3 is 2.25 bits per heavy atom. The molecule has 1 heterocycles. The lowest BCUT2D eigenvalue weighted by Gasteiger charge is -2.34. The maximum absolute atomic E-state index is 4.36. The molecule has 0 atom stereocenters. The average molecular weight is 340 g/mol. The summed E-state index contributed by atoms with van der Waals surface area (Å²) in [4.78, 5) is 9.42. The van der Waals surface area contributed by atoms with Crippen LogP contribution in [0.5, 0.6) is 0 Å². The highest BCUT2D eigenvalue weighted by Gasteiger charge is 2.18. The van der Waals surface area contributed by atoms with Crippen molar-refractivity contribution in [3.63, 3.8) is 0 Å². The molecular formula is C19H41N5. The number of aliphatic imine (C=N–C) groups is 1. The zero-order valence-electron chi connectivity index (χ0n) is 16.8. The van der Waals surface area contributed by atoms with Crippen LogP contribution >= 0.6 is 0 Å². The van der Waals surface area contributed by atoms with E-state index in [9.17, 15) is 0 Å². The van der Waals surface area contributed by atoms with Gasteiger partial charge in [-0.1, -0.05) is 47.0 Å². The SMILES string of the molecule is CCCCCC(C)(C)CNC(=NC)NCCN1CCN(CC)CC1. The highest BCUT2D eigenvalue weighted by atomic mass is 15.3. The van der Waals surface area contributed by atoms with Crippen LogP contribution < -0.4 is 10.6 Å². The van der Waals surface area contributed by atoms with Gasteiger partial charge in [0.25, 0.3) is 0 Å². The molecule has 142 valence electrons. The Morgan fingerprint density at radius 1 is 1.00 bits per heavy atom. The summed E-state index contributed by atoms with van der Waals surface area (Å²) in [6, 6.07) is 0. The first-order valence-corrected chi connectivity index (χ1v) is 9.90. The van der Waals surface area contributed by atoms with Gasteiger partial charge in [0.2, 0.25) is 0 Å². The van der Waals surface area contributed by atoms with Crippen molar-refractivity contribution < 1.29 is 0 Å². The quantitative estimate of drug-likeness (QED) is 0.364. The van der Waals surface area contributed by atoms with Crippen molar-refractivity contribution in [1.29, 1.82) is 0 Å². The number of rotatable bonds is 10. The molecule has 24 heavy (non-hydrogen) atoms. The molecule has 0 bridgehead atoms. The molecule has 1 rings (SSSR count). The summed E-state index contributed by atoms with van der Waals surface area (Å²) >= 11 is 0. The molecule has 0 radical (unpaired) electrons. The Kier molecular flexibility index (Phi) is 10.3. The van der Waals surface area contributed by atoms with Gasteiger partial charge in [-0.3, -0.25) is 9.89 Å². The second-order valence-electron chi connectivity index (χ2n) is 7.75. The average Bonchev–Trinajstić information content (AvgIpc) is 2.58. The Labute approximate surface area is 150 Å². The van der Waals surface area contributed by atoms with Crippen LogP contribution in [-0.4, -0.2) is 75.2 Å². The largest absolute Gasteiger partial charge is 0.356 e. The van der Waals surface area contributed by atoms with Gasteiger partial charge in [0.1, 0.15) is 0 Å². The smallest absolute Gasteiger partial charge is 0.191 e. The fourth-order valence-electron chi connectivity index (χ4n) is 3.15. The lowest BCUT2D eigenvalue weighted by molar-refractivity contribution is 0.139. The van der Waals surface area contributed by atoms with E-state index < -0.39 is 0 Å². The minimum absolute atomic E-state index is 0.323. The normalized spacial score (nSPS) is 18.0. The molecule has 0 amide bonds. The Morgan fingerprint density at radius 2 is 1.67 bits per heavy atom. The summed E-state index contributed by atoms with van der Waals surface area (Å²) in [6.07, 6.45) is 5.22. The lowest BCUT2D eigenvalue weighted by Crippen LogP contribution is -2.49. The second-order valence-corrected chi connectivity index (χ2v) is 7.75. The molecular weight excluding hydrogens is 298 g/mol. The van der Waals surface area contributed by atoms with Crippen LogP contribution in [0.3, 0.4) is 0 Å². The molecule has 1 aliphatic rings. The maximum atomic E-state index is 4.36. The standard InChI is InChI=1S/C19H41N5/c1-6-8-9-10-19(3,4)17-22-18(20-5)21-11-12-24-15-13-23(7-2)14-16-24/h6-17H2,1-5H3,(H2,20,21,22). The molecule has 0 saturated carbocycles. The van der Waals surface area contributed by atoms with Crippen molar-refractivity contribution in [2.45, 2.75) is 53.4 Å². The van der Waals surface area contributed by atoms with Crippen molar-refractivity contribution in [3.05, 3.63) is 0 Å². The predicted molar refractivity (Wildman–Crippen MR) is 106 cm³/mol. The number of piperazine rings is 1. The highest BCUT2D eigenvalue weighted by Crippen LogP contribution is 2.22. The van der Waals surface area contributed by atoms with Crippen LogP contribution in [0.15, 0.2) is 4.99 Å². The maximum Gasteiger partial charge on any atom is 0.191 e. The predicted octanol–water partition coefficient (Wildman–Crippen LogP) is 2.40. The molecule has 1 fully saturated rings. The third-order valence-corrected chi connectivity index (χ3v) is 5.05. The summed E-state index contributed by atoms with van der Waals surface area (Å²) in [5, 5.41) is 6.97. The summed E-state index contributed by atoms with van der Waals surface area (Å²) in [6.45, 7) is 18.2. The Hall–Kier alpha value is -0.810. The Balaban J connectivity index is 2.18. The van der Waals surface area contributed by atoms with Crippen LogP contribution in [0.4, 0.5) is 0 Å². The third kappa shape index (κ3) is 8.88. The summed E-state index contributed by atoms with van der Waals surface area (Å²) in [7, 11) is 1.86. The summed E-state index contributed by atoms with van der Waals surface area (Å²) in [5.41, 5.74) is 0.323. The van der Waals surface area contributed by atoms with E-state index in [0.717, 1.165) is 25.6 Å². The van der Waals surface area contributed by atoms with Gasteiger partial charge in [0, 0.05) is 52.9 Å². The molecule has 2 N–H and O–H groups in total. The fourth-order valence-corrected chi connectivity index (χ4v) is 3.15. The first-order valence-electron chi connectivity index (χ1n) is 9.90. The number of hydrogen-bond donors (Lipinski definition) is 2. The fraction of sp³-hybridized carbons (Fsp3) is 0.947. The van der Waals surface area contributed by atoms with Gasteiger partial charge in [-0.05, 0) is 18.4 Å². The van der Waals surface area contributed by atoms with Crippen molar-refractivity contribution in [2.75, 3.05) is 59.4 Å². The molecule has 0 aromatic heterocycles. The molecule has 0 aliphatic carbocycles. The first-order chi connectivity index (χ1) is 11.5. The molecule has 1 aliphatic heterocycles. The van der Waals surface area contributed by atoms with Crippen molar-refractivity contribution >= 4 is 5.96 Å². The zero-order valence-corrected chi connectivity index (χ0v) is 16.8. The monoisotopic (exact) mass is 339 g/mol. The number of likely N-dealkylation sites (N-methyl/N-ethyl adjacent to an activating group) is 1. The van der Waals surface area contributed by atoms with Crippen LogP contribution in [0.25, 0.3) is 0 Å². The third-order valence-electron chi connectivity index (χ3n) is 5.05. The van der Waals surface area contributed by atoms with Crippen LogP contribution in [0, 0.1) is 5.41 Å². The van der Waals surface area contributed by atoms with Gasteiger partial charge < -0.3 is 15.5 Å². The van der Waals surface area contributed by atoms with Gasteiger partial charge in [0.05, 0.1) is 0 Å². The highest BCUT2D eigenvalue weighted by molar-refractivity contribution is 5.79. The van der Waals surface area contributed by atoms with E-state index in [4.69, 9.17) is 0 Å². The van der Waals surface area contributed by atoms with E-state index in [1.54, 1.807) is 0 Å². The van der Waals surface area contributed by atoms with E-state index in [0.29, 0.717) is 5.41 Å². The molecule has 0 aromatic rings. The second kappa shape index (κ2) is 11.7. The summed E-state index contributed by atoms with van der Waals surface area (Å²) in [5.74, 6) is 0.936. The van der Waals surface area contributed by atoms with Gasteiger partial charge in [0.15, 0.2) is 5.96 Å². The molecule has 0 aromatic carbocycles. The van der Waals surface area contributed by atoms with E-state index in [-0.39, 0.29) is 0 Å². The van der Waals surface area contributed by atoms with Gasteiger partial charge in [-0.25, -0.2) is 0 Å². The number of nitrogens with one attached hydrogen (secondary N) is 2. The molecule has 5 heteroatoms. The van der Waals surface area contributed by atoms with E-state index in [2.05, 4.69) is 53.1 Å². The van der Waals surface area contributed by atoms with Crippen LogP contribution in [-0.2, 0) is 0 Å². The topological polar surface area (TPSA) is 42.9 Å². The zero-order chi connectivity index (χ0) is 17.8. The number of hydrogen-bond acceptors (Lipinski definition) is 3. The van der Waals surface area contributed by atoms with Crippen LogP contribution in [0.1, 0.15) is 53.4 Å². The molecule has 0 unspecified atom stereocenters. The summed E-state index contributed by atoms with van der Waals surface area (Å²) < 4.78 is 0. The van der Waals surface area contributed by atoms with Crippen molar-refractivity contribution in [2.24, 2.45) is 10.4 Å². The number of unbranched alkanes of at least 4 members (excludes halogenated alkanes) is 2. The van der Waals surface area contributed by atoms with Crippen LogP contribution in [0.2, 0.25) is 0 Å².